The number of hydrogen-bond acceptors (Lipinski definition) is 5. The number of carbonyl (C=O) groups is 2. The van der Waals surface area contributed by atoms with Crippen LogP contribution in [0.1, 0.15) is 19.4 Å². The molecule has 0 unspecified atom stereocenters. The van der Waals surface area contributed by atoms with Crippen LogP contribution < -0.4 is 15.1 Å². The summed E-state index contributed by atoms with van der Waals surface area (Å²) >= 11 is 5.06. The second-order valence-corrected chi connectivity index (χ2v) is 6.71. The fourth-order valence-corrected chi connectivity index (χ4v) is 3.38. The van der Waals surface area contributed by atoms with Crippen LogP contribution in [0.25, 0.3) is 6.08 Å². The summed E-state index contributed by atoms with van der Waals surface area (Å²) in [5.41, 5.74) is 0.797. The van der Waals surface area contributed by atoms with Crippen molar-refractivity contribution in [1.82, 2.24) is 5.32 Å². The molecule has 0 bridgehead atoms. The number of phenolic OH excluding ortho intramolecular Hbond substituents is 1. The molecule has 1 saturated heterocycles. The van der Waals surface area contributed by atoms with E-state index >= 15 is 0 Å². The number of hydrogen-bond donors (Lipinski definition) is 2. The summed E-state index contributed by atoms with van der Waals surface area (Å²) in [5.74, 6) is -2.20. The molecule has 2 N–H and O–H groups in total. The molecule has 150 valence electrons. The van der Waals surface area contributed by atoms with E-state index in [-0.39, 0.29) is 22.1 Å². The van der Waals surface area contributed by atoms with Crippen molar-refractivity contribution in [3.05, 3.63) is 59.4 Å². The Balaban J connectivity index is 2.00. The van der Waals surface area contributed by atoms with Gasteiger partial charge in [-0.15, -0.1) is 0 Å². The van der Waals surface area contributed by atoms with E-state index in [4.69, 9.17) is 12.2 Å². The molecule has 2 aromatic carbocycles. The van der Waals surface area contributed by atoms with E-state index in [1.165, 1.54) is 24.3 Å². The van der Waals surface area contributed by atoms with E-state index in [2.05, 4.69) is 5.32 Å². The lowest BCUT2D eigenvalue weighted by Gasteiger charge is -2.29. The van der Waals surface area contributed by atoms with Crippen molar-refractivity contribution in [3.8, 4) is 5.75 Å². The van der Waals surface area contributed by atoms with Gasteiger partial charge in [-0.2, -0.15) is 0 Å². The zero-order valence-electron chi connectivity index (χ0n) is 16.0. The lowest BCUT2D eigenvalue weighted by molar-refractivity contribution is -0.122. The molecule has 0 saturated carbocycles. The first-order valence-corrected chi connectivity index (χ1v) is 9.52. The van der Waals surface area contributed by atoms with Crippen LogP contribution >= 0.6 is 12.2 Å². The maximum atomic E-state index is 14.2. The Kier molecular flexibility index (Phi) is 5.93. The molecule has 2 aromatic rings. The van der Waals surface area contributed by atoms with Crippen molar-refractivity contribution in [1.29, 1.82) is 0 Å². The van der Waals surface area contributed by atoms with Crippen LogP contribution in [-0.4, -0.2) is 35.1 Å². The predicted octanol–water partition coefficient (Wildman–Crippen LogP) is 3.21. The summed E-state index contributed by atoms with van der Waals surface area (Å²) in [7, 11) is 0. The van der Waals surface area contributed by atoms with Gasteiger partial charge in [0.1, 0.15) is 17.1 Å². The molecule has 6 nitrogen and oxygen atoms in total. The fourth-order valence-electron chi connectivity index (χ4n) is 3.10. The van der Waals surface area contributed by atoms with Crippen LogP contribution in [0.5, 0.6) is 5.75 Å². The topological polar surface area (TPSA) is 72.9 Å². The standard InChI is InChI=1S/C21H20FN3O3S/c1-3-24(4-2)14-10-9-13(18(26)12-14)11-15-19(27)23-21(29)25(20(15)28)17-8-6-5-7-16(17)22/h5-12,26H,3-4H2,1-2H3,(H,23,27,29)/b15-11+. The van der Waals surface area contributed by atoms with Crippen LogP contribution in [0, 0.1) is 5.82 Å². The number of para-hydroxylation sites is 1. The minimum Gasteiger partial charge on any atom is -0.507 e. The highest BCUT2D eigenvalue weighted by Gasteiger charge is 2.35. The largest absolute Gasteiger partial charge is 0.507 e. The van der Waals surface area contributed by atoms with Crippen molar-refractivity contribution in [2.75, 3.05) is 22.9 Å². The molecule has 8 heteroatoms. The van der Waals surface area contributed by atoms with Crippen LogP contribution in [0.4, 0.5) is 15.8 Å². The van der Waals surface area contributed by atoms with Gasteiger partial charge in [-0.05, 0) is 56.4 Å². The molecule has 0 atom stereocenters. The Morgan fingerprint density at radius 1 is 1.17 bits per heavy atom. The van der Waals surface area contributed by atoms with E-state index < -0.39 is 17.6 Å². The molecule has 2 amide bonds. The van der Waals surface area contributed by atoms with E-state index in [1.807, 2.05) is 18.7 Å². The average molecular weight is 413 g/mol. The number of nitrogens with one attached hydrogen (secondary N) is 1. The first-order valence-electron chi connectivity index (χ1n) is 9.11. The molecule has 0 aromatic heterocycles. The van der Waals surface area contributed by atoms with Crippen molar-refractivity contribution >= 4 is 46.6 Å². The average Bonchev–Trinajstić information content (AvgIpc) is 2.69. The number of amides is 2. The Bertz CT molecular complexity index is 1020. The maximum Gasteiger partial charge on any atom is 0.270 e. The van der Waals surface area contributed by atoms with Gasteiger partial charge >= 0.3 is 0 Å². The Morgan fingerprint density at radius 2 is 1.86 bits per heavy atom. The van der Waals surface area contributed by atoms with Gasteiger partial charge in [0.2, 0.25) is 0 Å². The number of benzene rings is 2. The number of carbonyl (C=O) groups excluding carboxylic acids is 2. The van der Waals surface area contributed by atoms with Crippen molar-refractivity contribution in [2.45, 2.75) is 13.8 Å². The van der Waals surface area contributed by atoms with E-state index in [0.29, 0.717) is 5.56 Å². The molecule has 3 rings (SSSR count). The van der Waals surface area contributed by atoms with Gasteiger partial charge in [0.05, 0.1) is 5.69 Å². The normalized spacial score (nSPS) is 15.6. The van der Waals surface area contributed by atoms with Gasteiger partial charge in [0, 0.05) is 30.4 Å². The quantitative estimate of drug-likeness (QED) is 0.447. The van der Waals surface area contributed by atoms with Crippen LogP contribution in [0.15, 0.2) is 48.0 Å². The maximum absolute atomic E-state index is 14.2. The van der Waals surface area contributed by atoms with Crippen LogP contribution in [0.2, 0.25) is 0 Å². The third-order valence-electron chi connectivity index (χ3n) is 4.64. The molecule has 0 aliphatic carbocycles. The molecule has 1 fully saturated rings. The van der Waals surface area contributed by atoms with Gasteiger partial charge in [0.25, 0.3) is 11.8 Å². The third-order valence-corrected chi connectivity index (χ3v) is 4.92. The molecule has 0 radical (unpaired) electrons. The summed E-state index contributed by atoms with van der Waals surface area (Å²) in [6, 6.07) is 10.6. The van der Waals surface area contributed by atoms with Crippen molar-refractivity contribution in [3.63, 3.8) is 0 Å². The number of halogens is 1. The van der Waals surface area contributed by atoms with Crippen LogP contribution in [0.3, 0.4) is 0 Å². The second kappa shape index (κ2) is 8.40. The molecular weight excluding hydrogens is 393 g/mol. The highest BCUT2D eigenvalue weighted by Crippen LogP contribution is 2.29. The summed E-state index contributed by atoms with van der Waals surface area (Å²) in [4.78, 5) is 28.3. The molecular formula is C21H20FN3O3S. The minimum absolute atomic E-state index is 0.0606. The number of thiocarbonyl (C=S) groups is 1. The van der Waals surface area contributed by atoms with E-state index in [0.717, 1.165) is 23.7 Å². The molecule has 29 heavy (non-hydrogen) atoms. The SMILES string of the molecule is CCN(CC)c1ccc(/C=C2\C(=O)NC(=S)N(c3ccccc3F)C2=O)c(O)c1. The summed E-state index contributed by atoms with van der Waals surface area (Å²) in [6.07, 6.45) is 1.27. The lowest BCUT2D eigenvalue weighted by Crippen LogP contribution is -2.54. The molecule has 0 spiro atoms. The lowest BCUT2D eigenvalue weighted by atomic mass is 10.1. The fraction of sp³-hybridized carbons (Fsp3) is 0.190. The zero-order chi connectivity index (χ0) is 21.1. The highest BCUT2D eigenvalue weighted by molar-refractivity contribution is 7.80. The number of aromatic hydroxyl groups is 1. The number of phenols is 1. The second-order valence-electron chi connectivity index (χ2n) is 6.32. The third kappa shape index (κ3) is 3.97. The number of nitrogens with zero attached hydrogens (tertiary/aromatic N) is 2. The van der Waals surface area contributed by atoms with E-state index in [1.54, 1.807) is 24.3 Å². The first-order chi connectivity index (χ1) is 13.9. The van der Waals surface area contributed by atoms with Crippen LogP contribution in [-0.2, 0) is 9.59 Å². The Morgan fingerprint density at radius 3 is 2.48 bits per heavy atom. The van der Waals surface area contributed by atoms with E-state index in [9.17, 15) is 19.1 Å². The highest BCUT2D eigenvalue weighted by atomic mass is 32.1. The Hall–Kier alpha value is -3.26. The summed E-state index contributed by atoms with van der Waals surface area (Å²) < 4.78 is 14.2. The summed E-state index contributed by atoms with van der Waals surface area (Å²) in [5, 5.41) is 12.6. The van der Waals surface area contributed by atoms with Gasteiger partial charge in [-0.1, -0.05) is 12.1 Å². The molecule has 1 heterocycles. The molecule has 1 aliphatic rings. The predicted molar refractivity (Wildman–Crippen MR) is 114 cm³/mol. The van der Waals surface area contributed by atoms with Gasteiger partial charge in [-0.25, -0.2) is 9.29 Å². The van der Waals surface area contributed by atoms with Crippen molar-refractivity contribution in [2.24, 2.45) is 0 Å². The van der Waals surface area contributed by atoms with Gasteiger partial charge in [-0.3, -0.25) is 14.9 Å². The first kappa shape index (κ1) is 20.5. The Labute approximate surface area is 173 Å². The summed E-state index contributed by atoms with van der Waals surface area (Å²) in [6.45, 7) is 5.54. The number of rotatable bonds is 5. The minimum atomic E-state index is -0.768. The smallest absolute Gasteiger partial charge is 0.270 e. The molecule has 1 aliphatic heterocycles. The van der Waals surface area contributed by atoms with Gasteiger partial charge in [0.15, 0.2) is 5.11 Å². The number of anilines is 2. The van der Waals surface area contributed by atoms with Crippen molar-refractivity contribution < 1.29 is 19.1 Å². The van der Waals surface area contributed by atoms with Gasteiger partial charge < -0.3 is 10.0 Å². The monoisotopic (exact) mass is 413 g/mol. The zero-order valence-corrected chi connectivity index (χ0v) is 16.8.